The highest BCUT2D eigenvalue weighted by atomic mass is 32.1. The largest absolute Gasteiger partial charge is 0.480 e. The fourth-order valence-corrected chi connectivity index (χ4v) is 4.20. The van der Waals surface area contributed by atoms with Crippen molar-refractivity contribution in [3.05, 3.63) is 57.3 Å². The lowest BCUT2D eigenvalue weighted by Gasteiger charge is -2.31. The minimum absolute atomic E-state index is 0.321. The molecule has 3 nitrogen and oxygen atoms in total. The molecule has 1 fully saturated rings. The van der Waals surface area contributed by atoms with Crippen LogP contribution in [0.3, 0.4) is 0 Å². The van der Waals surface area contributed by atoms with E-state index < -0.39 is 29.7 Å². The van der Waals surface area contributed by atoms with Gasteiger partial charge in [-0.05, 0) is 38.0 Å². The molecule has 2 atom stereocenters. The number of nitrogens with zero attached hydrogens (tertiary/aromatic N) is 1. The lowest BCUT2D eigenvalue weighted by Crippen LogP contribution is -2.39. The number of carboxylic acids is 1. The van der Waals surface area contributed by atoms with Gasteiger partial charge in [0.05, 0.1) is 6.04 Å². The Labute approximate surface area is 137 Å². The standard InChI is InChI=1S/C17H17F2NO2S/c1-10-4-7-15(23-10)16(12-6-5-11(18)9-13(12)19)20-8-2-3-14(20)17(21)22/h4-7,9,14,16H,2-3,8H2,1H3,(H,21,22). The van der Waals surface area contributed by atoms with Crippen LogP contribution in [0.5, 0.6) is 0 Å². The monoisotopic (exact) mass is 337 g/mol. The molecule has 0 saturated carbocycles. The number of aryl methyl sites for hydroxylation is 1. The van der Waals surface area contributed by atoms with Crippen molar-refractivity contribution in [2.75, 3.05) is 6.54 Å². The fraction of sp³-hybridized carbons (Fsp3) is 0.353. The predicted octanol–water partition coefficient (Wildman–Crippen LogP) is 3.97. The number of thiophene rings is 1. The Morgan fingerprint density at radius 1 is 1.35 bits per heavy atom. The summed E-state index contributed by atoms with van der Waals surface area (Å²) in [7, 11) is 0. The highest BCUT2D eigenvalue weighted by molar-refractivity contribution is 7.12. The van der Waals surface area contributed by atoms with Gasteiger partial charge in [-0.2, -0.15) is 0 Å². The van der Waals surface area contributed by atoms with Gasteiger partial charge in [-0.15, -0.1) is 11.3 Å². The van der Waals surface area contributed by atoms with Crippen LogP contribution in [0.2, 0.25) is 0 Å². The van der Waals surface area contributed by atoms with E-state index >= 15 is 0 Å². The first kappa shape index (κ1) is 16.1. The maximum Gasteiger partial charge on any atom is 0.320 e. The van der Waals surface area contributed by atoms with Crippen molar-refractivity contribution in [2.24, 2.45) is 0 Å². The summed E-state index contributed by atoms with van der Waals surface area (Å²) in [5, 5.41) is 9.45. The van der Waals surface area contributed by atoms with Gasteiger partial charge in [-0.1, -0.05) is 6.07 Å². The maximum absolute atomic E-state index is 14.4. The number of likely N-dealkylation sites (tertiary alicyclic amines) is 1. The molecule has 122 valence electrons. The first-order chi connectivity index (χ1) is 11.0. The lowest BCUT2D eigenvalue weighted by atomic mass is 10.0. The quantitative estimate of drug-likeness (QED) is 0.918. The molecule has 2 unspecified atom stereocenters. The molecule has 1 aromatic heterocycles. The molecule has 1 aliphatic rings. The number of benzene rings is 1. The maximum atomic E-state index is 14.4. The third kappa shape index (κ3) is 3.14. The molecule has 0 amide bonds. The smallest absolute Gasteiger partial charge is 0.320 e. The van der Waals surface area contributed by atoms with Gasteiger partial charge in [0.1, 0.15) is 17.7 Å². The molecule has 0 bridgehead atoms. The van der Waals surface area contributed by atoms with Crippen LogP contribution in [0.15, 0.2) is 30.3 Å². The molecular formula is C17H17F2NO2S. The topological polar surface area (TPSA) is 40.5 Å². The number of hydrogen-bond donors (Lipinski definition) is 1. The second-order valence-corrected chi connectivity index (χ2v) is 7.07. The zero-order valence-electron chi connectivity index (χ0n) is 12.6. The molecule has 2 aromatic rings. The van der Waals surface area contributed by atoms with Gasteiger partial charge in [0, 0.05) is 27.9 Å². The van der Waals surface area contributed by atoms with Crippen LogP contribution in [-0.4, -0.2) is 28.6 Å². The molecule has 2 heterocycles. The summed E-state index contributed by atoms with van der Waals surface area (Å²) in [4.78, 5) is 15.3. The van der Waals surface area contributed by atoms with Crippen LogP contribution >= 0.6 is 11.3 Å². The van der Waals surface area contributed by atoms with Crippen molar-refractivity contribution >= 4 is 17.3 Å². The number of halogens is 2. The molecule has 1 aromatic carbocycles. The summed E-state index contributed by atoms with van der Waals surface area (Å²) >= 11 is 1.51. The Morgan fingerprint density at radius 2 is 2.13 bits per heavy atom. The lowest BCUT2D eigenvalue weighted by molar-refractivity contribution is -0.142. The number of hydrogen-bond acceptors (Lipinski definition) is 3. The van der Waals surface area contributed by atoms with Crippen molar-refractivity contribution in [1.29, 1.82) is 0 Å². The Hall–Kier alpha value is -1.79. The van der Waals surface area contributed by atoms with Crippen molar-refractivity contribution < 1.29 is 18.7 Å². The molecule has 1 saturated heterocycles. The predicted molar refractivity (Wildman–Crippen MR) is 84.6 cm³/mol. The Morgan fingerprint density at radius 3 is 2.74 bits per heavy atom. The molecule has 23 heavy (non-hydrogen) atoms. The van der Waals surface area contributed by atoms with Crippen LogP contribution in [0.4, 0.5) is 8.78 Å². The van der Waals surface area contributed by atoms with Crippen molar-refractivity contribution in [3.8, 4) is 0 Å². The number of aliphatic carboxylic acids is 1. The third-order valence-electron chi connectivity index (χ3n) is 4.20. The molecular weight excluding hydrogens is 320 g/mol. The van der Waals surface area contributed by atoms with E-state index in [1.165, 1.54) is 23.5 Å². The van der Waals surface area contributed by atoms with Crippen molar-refractivity contribution in [2.45, 2.75) is 31.8 Å². The third-order valence-corrected chi connectivity index (χ3v) is 5.25. The Kier molecular flexibility index (Phi) is 4.46. The van der Waals surface area contributed by atoms with Crippen LogP contribution < -0.4 is 0 Å². The second-order valence-electron chi connectivity index (χ2n) is 5.75. The first-order valence-electron chi connectivity index (χ1n) is 7.47. The van der Waals surface area contributed by atoms with Gasteiger partial charge in [0.2, 0.25) is 0 Å². The minimum atomic E-state index is -0.900. The molecule has 0 spiro atoms. The van der Waals surface area contributed by atoms with E-state index in [2.05, 4.69) is 0 Å². The van der Waals surface area contributed by atoms with E-state index in [9.17, 15) is 18.7 Å². The SMILES string of the molecule is Cc1ccc(C(c2ccc(F)cc2F)N2CCCC2C(=O)O)s1. The summed E-state index contributed by atoms with van der Waals surface area (Å²) < 4.78 is 27.6. The van der Waals surface area contributed by atoms with Crippen LogP contribution in [0.25, 0.3) is 0 Å². The average molecular weight is 337 g/mol. The van der Waals surface area contributed by atoms with Gasteiger partial charge in [-0.3, -0.25) is 9.69 Å². The molecule has 0 radical (unpaired) electrons. The van der Waals surface area contributed by atoms with E-state index in [1.54, 1.807) is 0 Å². The van der Waals surface area contributed by atoms with E-state index in [1.807, 2.05) is 24.0 Å². The summed E-state index contributed by atoms with van der Waals surface area (Å²) in [5.74, 6) is -2.18. The highest BCUT2D eigenvalue weighted by Crippen LogP contribution is 2.39. The van der Waals surface area contributed by atoms with E-state index in [0.29, 0.717) is 18.5 Å². The Balaban J connectivity index is 2.09. The Bertz CT molecular complexity index is 731. The van der Waals surface area contributed by atoms with Crippen LogP contribution in [0, 0.1) is 18.6 Å². The normalized spacial score (nSPS) is 19.9. The van der Waals surface area contributed by atoms with Crippen LogP contribution in [0.1, 0.15) is 34.2 Å². The van der Waals surface area contributed by atoms with Gasteiger partial charge in [0.15, 0.2) is 0 Å². The molecule has 3 rings (SSSR count). The van der Waals surface area contributed by atoms with Gasteiger partial charge < -0.3 is 5.11 Å². The average Bonchev–Trinajstić information content (AvgIpc) is 3.11. The zero-order chi connectivity index (χ0) is 16.6. The van der Waals surface area contributed by atoms with Gasteiger partial charge in [0.25, 0.3) is 0 Å². The van der Waals surface area contributed by atoms with E-state index in [4.69, 9.17) is 0 Å². The number of rotatable bonds is 4. The summed E-state index contributed by atoms with van der Waals surface area (Å²) in [6, 6.07) is 6.17. The van der Waals surface area contributed by atoms with Crippen LogP contribution in [-0.2, 0) is 4.79 Å². The van der Waals surface area contributed by atoms with Gasteiger partial charge in [-0.25, -0.2) is 8.78 Å². The van der Waals surface area contributed by atoms with Crippen molar-refractivity contribution in [3.63, 3.8) is 0 Å². The minimum Gasteiger partial charge on any atom is -0.480 e. The van der Waals surface area contributed by atoms with E-state index in [0.717, 1.165) is 22.2 Å². The van der Waals surface area contributed by atoms with Gasteiger partial charge >= 0.3 is 5.97 Å². The van der Waals surface area contributed by atoms with E-state index in [-0.39, 0.29) is 0 Å². The second kappa shape index (κ2) is 6.37. The summed E-state index contributed by atoms with van der Waals surface area (Å²) in [6.45, 7) is 2.53. The first-order valence-corrected chi connectivity index (χ1v) is 8.29. The molecule has 6 heteroatoms. The fourth-order valence-electron chi connectivity index (χ4n) is 3.18. The molecule has 1 N–H and O–H groups in total. The van der Waals surface area contributed by atoms with Crippen molar-refractivity contribution in [1.82, 2.24) is 4.90 Å². The summed E-state index contributed by atoms with van der Waals surface area (Å²) in [6.07, 6.45) is 1.29. The number of carboxylic acid groups (broad SMARTS) is 1. The zero-order valence-corrected chi connectivity index (χ0v) is 13.4. The highest BCUT2D eigenvalue weighted by Gasteiger charge is 2.38. The summed E-state index contributed by atoms with van der Waals surface area (Å²) in [5.41, 5.74) is 0.321. The molecule has 1 aliphatic heterocycles. The number of carbonyl (C=O) groups is 1. The molecule has 0 aliphatic carbocycles.